The molecule has 0 aromatic carbocycles. The third kappa shape index (κ3) is 1.95. The van der Waals surface area contributed by atoms with E-state index < -0.39 is 0 Å². The summed E-state index contributed by atoms with van der Waals surface area (Å²) in [7, 11) is 1.93. The number of hydrogen-bond donors (Lipinski definition) is 2. The van der Waals surface area contributed by atoms with Gasteiger partial charge in [-0.3, -0.25) is 0 Å². The molecule has 9 heavy (non-hydrogen) atoms. The minimum absolute atomic E-state index is 0.289. The predicted octanol–water partition coefficient (Wildman–Crippen LogP) is 0.509. The van der Waals surface area contributed by atoms with Crippen molar-refractivity contribution in [3.05, 3.63) is 0 Å². The first-order chi connectivity index (χ1) is 4.16. The molecule has 1 saturated carbocycles. The summed E-state index contributed by atoms with van der Waals surface area (Å²) in [5, 5.41) is 12.5. The van der Waals surface area contributed by atoms with Gasteiger partial charge in [-0.2, -0.15) is 0 Å². The molecule has 0 aromatic rings. The summed E-state index contributed by atoms with van der Waals surface area (Å²) in [6, 6.07) is 0.456. The van der Waals surface area contributed by atoms with Crippen LogP contribution in [0.5, 0.6) is 0 Å². The van der Waals surface area contributed by atoms with E-state index in [1.54, 1.807) is 0 Å². The number of hydrogen-bond acceptors (Lipinski definition) is 2. The van der Waals surface area contributed by atoms with Crippen LogP contribution >= 0.6 is 0 Å². The summed E-state index contributed by atoms with van der Waals surface area (Å²) in [6.07, 6.45) is 2.90. The van der Waals surface area contributed by atoms with Crippen LogP contribution in [0.4, 0.5) is 0 Å². The van der Waals surface area contributed by atoms with Crippen molar-refractivity contribution in [3.8, 4) is 0 Å². The third-order valence-electron chi connectivity index (χ3n) is 2.01. The number of rotatable bonds is 3. The molecule has 1 aliphatic carbocycles. The molecule has 0 aromatic heterocycles. The Kier molecular flexibility index (Phi) is 1.78. The highest BCUT2D eigenvalue weighted by Crippen LogP contribution is 2.38. The number of nitrogens with one attached hydrogen (secondary N) is 1. The zero-order chi connectivity index (χ0) is 6.91. The zero-order valence-electron chi connectivity index (χ0n) is 6.15. The molecular weight excluding hydrogens is 114 g/mol. The van der Waals surface area contributed by atoms with Gasteiger partial charge in [0, 0.05) is 6.04 Å². The minimum atomic E-state index is -0.289. The van der Waals surface area contributed by atoms with E-state index in [1.807, 2.05) is 7.05 Å². The van der Waals surface area contributed by atoms with E-state index in [-0.39, 0.29) is 5.60 Å². The van der Waals surface area contributed by atoms with E-state index in [0.29, 0.717) is 6.04 Å². The first-order valence-corrected chi connectivity index (χ1v) is 3.56. The van der Waals surface area contributed by atoms with E-state index >= 15 is 0 Å². The van der Waals surface area contributed by atoms with Crippen LogP contribution in [-0.4, -0.2) is 23.8 Å². The lowest BCUT2D eigenvalue weighted by Crippen LogP contribution is -2.27. The molecule has 1 rings (SSSR count). The van der Waals surface area contributed by atoms with E-state index in [4.69, 9.17) is 0 Å². The average molecular weight is 129 g/mol. The fourth-order valence-electron chi connectivity index (χ4n) is 1.02. The molecule has 0 radical (unpaired) electrons. The van der Waals surface area contributed by atoms with Crippen molar-refractivity contribution < 1.29 is 5.11 Å². The van der Waals surface area contributed by atoms with Gasteiger partial charge in [0.05, 0.1) is 5.60 Å². The summed E-state index contributed by atoms with van der Waals surface area (Å²) in [4.78, 5) is 0. The molecule has 2 N–H and O–H groups in total. The van der Waals surface area contributed by atoms with Gasteiger partial charge in [0.2, 0.25) is 0 Å². The Labute approximate surface area is 56.3 Å². The molecule has 2 nitrogen and oxygen atoms in total. The second kappa shape index (κ2) is 2.27. The minimum Gasteiger partial charge on any atom is -0.390 e. The van der Waals surface area contributed by atoms with E-state index in [9.17, 15) is 5.11 Å². The normalized spacial score (nSPS) is 25.7. The van der Waals surface area contributed by atoms with Crippen LogP contribution in [0.15, 0.2) is 0 Å². The van der Waals surface area contributed by atoms with Gasteiger partial charge >= 0.3 is 0 Å². The molecule has 1 atom stereocenters. The summed E-state index contributed by atoms with van der Waals surface area (Å²) in [5.41, 5.74) is -0.289. The quantitative estimate of drug-likeness (QED) is 0.582. The van der Waals surface area contributed by atoms with Crippen LogP contribution in [-0.2, 0) is 0 Å². The van der Waals surface area contributed by atoms with Crippen molar-refractivity contribution in [2.75, 3.05) is 7.05 Å². The van der Waals surface area contributed by atoms with Crippen LogP contribution in [0.2, 0.25) is 0 Å². The first kappa shape index (κ1) is 7.03. The van der Waals surface area contributed by atoms with Crippen molar-refractivity contribution in [3.63, 3.8) is 0 Å². The van der Waals surface area contributed by atoms with E-state index in [1.165, 1.54) is 0 Å². The molecule has 0 bridgehead atoms. The maximum absolute atomic E-state index is 9.39. The van der Waals surface area contributed by atoms with E-state index in [2.05, 4.69) is 12.2 Å². The van der Waals surface area contributed by atoms with E-state index in [0.717, 1.165) is 19.3 Å². The van der Waals surface area contributed by atoms with Crippen LogP contribution < -0.4 is 5.32 Å². The highest BCUT2D eigenvalue weighted by atomic mass is 16.3. The van der Waals surface area contributed by atoms with Crippen LogP contribution in [0.1, 0.15) is 26.2 Å². The molecule has 1 unspecified atom stereocenters. The molecular formula is C7H15NO. The van der Waals surface area contributed by atoms with Crippen molar-refractivity contribution in [1.82, 2.24) is 5.32 Å². The van der Waals surface area contributed by atoms with Gasteiger partial charge < -0.3 is 10.4 Å². The lowest BCUT2D eigenvalue weighted by Gasteiger charge is -2.13. The standard InChI is InChI=1S/C7H15NO/c1-6(8-2)5-7(9)3-4-7/h6,8-9H,3-5H2,1-2H3. The topological polar surface area (TPSA) is 32.3 Å². The molecule has 0 spiro atoms. The maximum Gasteiger partial charge on any atom is 0.0664 e. The largest absolute Gasteiger partial charge is 0.390 e. The predicted molar refractivity (Wildman–Crippen MR) is 37.3 cm³/mol. The Hall–Kier alpha value is -0.0800. The smallest absolute Gasteiger partial charge is 0.0664 e. The molecule has 1 fully saturated rings. The zero-order valence-corrected chi connectivity index (χ0v) is 6.15. The lowest BCUT2D eigenvalue weighted by atomic mass is 10.1. The van der Waals surface area contributed by atoms with Crippen LogP contribution in [0, 0.1) is 0 Å². The fourth-order valence-corrected chi connectivity index (χ4v) is 1.02. The second-order valence-electron chi connectivity index (χ2n) is 3.12. The second-order valence-corrected chi connectivity index (χ2v) is 3.12. The Morgan fingerprint density at radius 2 is 2.22 bits per heavy atom. The summed E-state index contributed by atoms with van der Waals surface area (Å²) >= 11 is 0. The molecule has 0 amide bonds. The lowest BCUT2D eigenvalue weighted by molar-refractivity contribution is 0.129. The van der Waals surface area contributed by atoms with Gasteiger partial charge in [0.15, 0.2) is 0 Å². The van der Waals surface area contributed by atoms with Crippen molar-refractivity contribution in [2.45, 2.75) is 37.8 Å². The Balaban J connectivity index is 2.17. The Morgan fingerprint density at radius 3 is 2.56 bits per heavy atom. The fraction of sp³-hybridized carbons (Fsp3) is 1.00. The maximum atomic E-state index is 9.39. The van der Waals surface area contributed by atoms with Crippen LogP contribution in [0.3, 0.4) is 0 Å². The van der Waals surface area contributed by atoms with Gasteiger partial charge in [-0.1, -0.05) is 0 Å². The van der Waals surface area contributed by atoms with Gasteiger partial charge in [-0.05, 0) is 33.2 Å². The molecule has 0 saturated heterocycles. The van der Waals surface area contributed by atoms with Crippen molar-refractivity contribution in [1.29, 1.82) is 0 Å². The summed E-state index contributed by atoms with van der Waals surface area (Å²) in [5.74, 6) is 0. The first-order valence-electron chi connectivity index (χ1n) is 3.56. The molecule has 1 aliphatic rings. The van der Waals surface area contributed by atoms with Crippen LogP contribution in [0.25, 0.3) is 0 Å². The Bertz CT molecular complexity index is 99.1. The Morgan fingerprint density at radius 1 is 1.67 bits per heavy atom. The monoisotopic (exact) mass is 129 g/mol. The molecule has 0 aliphatic heterocycles. The van der Waals surface area contributed by atoms with Gasteiger partial charge in [-0.15, -0.1) is 0 Å². The summed E-state index contributed by atoms with van der Waals surface area (Å²) < 4.78 is 0. The highest BCUT2D eigenvalue weighted by molar-refractivity contribution is 4.95. The molecule has 0 heterocycles. The molecule has 2 heteroatoms. The SMILES string of the molecule is CNC(C)CC1(O)CC1. The van der Waals surface area contributed by atoms with Gasteiger partial charge in [-0.25, -0.2) is 0 Å². The van der Waals surface area contributed by atoms with Gasteiger partial charge in [0.25, 0.3) is 0 Å². The van der Waals surface area contributed by atoms with Crippen molar-refractivity contribution in [2.24, 2.45) is 0 Å². The average Bonchev–Trinajstić information content (AvgIpc) is 2.48. The number of aliphatic hydroxyl groups is 1. The third-order valence-corrected chi connectivity index (χ3v) is 2.01. The van der Waals surface area contributed by atoms with Gasteiger partial charge in [0.1, 0.15) is 0 Å². The van der Waals surface area contributed by atoms with Crippen molar-refractivity contribution >= 4 is 0 Å². The summed E-state index contributed by atoms with van der Waals surface area (Å²) in [6.45, 7) is 2.09. The molecule has 54 valence electrons. The highest BCUT2D eigenvalue weighted by Gasteiger charge is 2.40.